The minimum absolute atomic E-state index is 0.126. The molecule has 0 aromatic heterocycles. The highest BCUT2D eigenvalue weighted by Crippen LogP contribution is 2.16. The van der Waals surface area contributed by atoms with E-state index in [0.29, 0.717) is 46.1 Å². The molecule has 0 unspecified atom stereocenters. The third-order valence-corrected chi connectivity index (χ3v) is 4.67. The Hall–Kier alpha value is -1.67. The van der Waals surface area contributed by atoms with E-state index in [1.165, 1.54) is 0 Å². The lowest BCUT2D eigenvalue weighted by Gasteiger charge is -2.31. The molecule has 7 heteroatoms. The molecule has 2 aliphatic heterocycles. The van der Waals surface area contributed by atoms with E-state index < -0.39 is 6.10 Å². The molecule has 2 saturated heterocycles. The van der Waals surface area contributed by atoms with Crippen molar-refractivity contribution in [2.45, 2.75) is 37.8 Å². The fourth-order valence-corrected chi connectivity index (χ4v) is 3.11. The Balaban J connectivity index is 1.27. The number of carbonyl (C=O) groups excluding carboxylic acids is 1. The maximum Gasteiger partial charge on any atom is 0.410 e. The van der Waals surface area contributed by atoms with Gasteiger partial charge in [-0.3, -0.25) is 0 Å². The molecule has 2 fully saturated rings. The first kappa shape index (κ1) is 19.1. The second-order valence-electron chi connectivity index (χ2n) is 6.61. The summed E-state index contributed by atoms with van der Waals surface area (Å²) in [6.07, 6.45) is 0.637. The van der Waals surface area contributed by atoms with E-state index >= 15 is 0 Å². The molecule has 144 valence electrons. The Morgan fingerprint density at radius 2 is 1.85 bits per heavy atom. The van der Waals surface area contributed by atoms with Gasteiger partial charge in [-0.15, -0.1) is 0 Å². The molecule has 7 nitrogen and oxygen atoms in total. The molecule has 0 aliphatic carbocycles. The Morgan fingerprint density at radius 3 is 2.54 bits per heavy atom. The van der Waals surface area contributed by atoms with Gasteiger partial charge in [0, 0.05) is 13.1 Å². The van der Waals surface area contributed by atoms with Crippen LogP contribution in [0.25, 0.3) is 0 Å². The van der Waals surface area contributed by atoms with Gasteiger partial charge in [0.05, 0.1) is 32.5 Å². The molecule has 1 amide bonds. The molecule has 0 radical (unpaired) electrons. The summed E-state index contributed by atoms with van der Waals surface area (Å²) in [5, 5.41) is 9.59. The first-order valence-electron chi connectivity index (χ1n) is 9.17. The van der Waals surface area contributed by atoms with Crippen molar-refractivity contribution in [1.82, 2.24) is 4.90 Å². The van der Waals surface area contributed by atoms with Crippen LogP contribution in [-0.4, -0.2) is 73.9 Å². The molecule has 26 heavy (non-hydrogen) atoms. The molecule has 3 rings (SSSR count). The molecule has 2 atom stereocenters. The molecule has 1 aromatic carbocycles. The number of aliphatic hydroxyl groups is 1. The zero-order valence-electron chi connectivity index (χ0n) is 14.9. The molecular formula is C19H27NO6. The first-order chi connectivity index (χ1) is 12.7. The first-order valence-corrected chi connectivity index (χ1v) is 9.17. The topological polar surface area (TPSA) is 77.5 Å². The second-order valence-corrected chi connectivity index (χ2v) is 6.61. The maximum atomic E-state index is 12.1. The lowest BCUT2D eigenvalue weighted by atomic mass is 10.1. The number of hydrogen-bond donors (Lipinski definition) is 1. The standard InChI is InChI=1S/C19H27NO6/c21-17-13-23-14-18(17)25-11-10-24-16-6-8-20(9-7-16)19(22)26-12-15-4-2-1-3-5-15/h1-5,16-18,21H,6-14H2/t17-,18-/m0/s1. The number of likely N-dealkylation sites (tertiary alicyclic amines) is 1. The summed E-state index contributed by atoms with van der Waals surface area (Å²) in [6, 6.07) is 9.66. The zero-order valence-corrected chi connectivity index (χ0v) is 14.9. The van der Waals surface area contributed by atoms with Gasteiger partial charge in [0.25, 0.3) is 0 Å². The van der Waals surface area contributed by atoms with E-state index in [0.717, 1.165) is 18.4 Å². The number of carbonyl (C=O) groups is 1. The Bertz CT molecular complexity index is 546. The van der Waals surface area contributed by atoms with Crippen molar-refractivity contribution >= 4 is 6.09 Å². The quantitative estimate of drug-likeness (QED) is 0.740. The average Bonchev–Trinajstić information content (AvgIpc) is 3.09. The van der Waals surface area contributed by atoms with E-state index in [9.17, 15) is 9.90 Å². The van der Waals surface area contributed by atoms with Gasteiger partial charge in [-0.05, 0) is 18.4 Å². The SMILES string of the molecule is O=C(OCc1ccccc1)N1CCC(OCCO[C@H]2COC[C@@H]2O)CC1. The number of ether oxygens (including phenoxy) is 4. The van der Waals surface area contributed by atoms with Crippen LogP contribution in [0.1, 0.15) is 18.4 Å². The van der Waals surface area contributed by atoms with Crippen LogP contribution in [0, 0.1) is 0 Å². The normalized spacial score (nSPS) is 24.0. The fraction of sp³-hybridized carbons (Fsp3) is 0.632. The second kappa shape index (κ2) is 9.87. The maximum absolute atomic E-state index is 12.1. The lowest BCUT2D eigenvalue weighted by Crippen LogP contribution is -2.41. The molecule has 0 spiro atoms. The van der Waals surface area contributed by atoms with Crippen LogP contribution in [0.5, 0.6) is 0 Å². The van der Waals surface area contributed by atoms with Crippen molar-refractivity contribution < 1.29 is 28.8 Å². The van der Waals surface area contributed by atoms with E-state index in [1.54, 1.807) is 4.90 Å². The van der Waals surface area contributed by atoms with Crippen LogP contribution in [0.15, 0.2) is 30.3 Å². The van der Waals surface area contributed by atoms with Crippen LogP contribution in [0.2, 0.25) is 0 Å². The summed E-state index contributed by atoms with van der Waals surface area (Å²) >= 11 is 0. The molecule has 2 heterocycles. The van der Waals surface area contributed by atoms with Crippen molar-refractivity contribution in [3.8, 4) is 0 Å². The van der Waals surface area contributed by atoms with E-state index in [4.69, 9.17) is 18.9 Å². The van der Waals surface area contributed by atoms with E-state index in [1.807, 2.05) is 30.3 Å². The Kier molecular flexibility index (Phi) is 7.25. The van der Waals surface area contributed by atoms with E-state index in [2.05, 4.69) is 0 Å². The number of nitrogens with zero attached hydrogens (tertiary/aromatic N) is 1. The minimum atomic E-state index is -0.542. The highest BCUT2D eigenvalue weighted by molar-refractivity contribution is 5.67. The van der Waals surface area contributed by atoms with Gasteiger partial charge in [0.1, 0.15) is 18.8 Å². The summed E-state index contributed by atoms with van der Waals surface area (Å²) < 4.78 is 21.9. The van der Waals surface area contributed by atoms with Crippen LogP contribution in [0.3, 0.4) is 0 Å². The van der Waals surface area contributed by atoms with E-state index in [-0.39, 0.29) is 18.3 Å². The van der Waals surface area contributed by atoms with Gasteiger partial charge in [-0.25, -0.2) is 4.79 Å². The monoisotopic (exact) mass is 365 g/mol. The third-order valence-electron chi connectivity index (χ3n) is 4.67. The van der Waals surface area contributed by atoms with Crippen LogP contribution in [-0.2, 0) is 25.6 Å². The Morgan fingerprint density at radius 1 is 1.12 bits per heavy atom. The zero-order chi connectivity index (χ0) is 18.2. The van der Waals surface area contributed by atoms with Crippen LogP contribution < -0.4 is 0 Å². The highest BCUT2D eigenvalue weighted by atomic mass is 16.6. The predicted octanol–water partition coefficient (Wildman–Crippen LogP) is 1.58. The number of benzene rings is 1. The van der Waals surface area contributed by atoms with Gasteiger partial charge in [-0.2, -0.15) is 0 Å². The lowest BCUT2D eigenvalue weighted by molar-refractivity contribution is -0.0588. The fourth-order valence-electron chi connectivity index (χ4n) is 3.11. The van der Waals surface area contributed by atoms with Crippen molar-refractivity contribution in [3.63, 3.8) is 0 Å². The summed E-state index contributed by atoms with van der Waals surface area (Å²) in [7, 11) is 0. The van der Waals surface area contributed by atoms with Crippen LogP contribution in [0.4, 0.5) is 4.79 Å². The minimum Gasteiger partial charge on any atom is -0.445 e. The summed E-state index contributed by atoms with van der Waals surface area (Å²) in [5.74, 6) is 0. The van der Waals surface area contributed by atoms with Crippen molar-refractivity contribution in [2.24, 2.45) is 0 Å². The summed E-state index contributed by atoms with van der Waals surface area (Å²) in [6.45, 7) is 3.25. The van der Waals surface area contributed by atoms with Gasteiger partial charge >= 0.3 is 6.09 Å². The van der Waals surface area contributed by atoms with Gasteiger partial charge < -0.3 is 29.0 Å². The summed E-state index contributed by atoms with van der Waals surface area (Å²) in [5.41, 5.74) is 0.983. The van der Waals surface area contributed by atoms with Crippen molar-refractivity contribution in [1.29, 1.82) is 0 Å². The van der Waals surface area contributed by atoms with Crippen molar-refractivity contribution in [3.05, 3.63) is 35.9 Å². The third kappa shape index (κ3) is 5.67. The highest BCUT2D eigenvalue weighted by Gasteiger charge is 2.27. The van der Waals surface area contributed by atoms with Gasteiger partial charge in [0.15, 0.2) is 0 Å². The molecule has 2 aliphatic rings. The average molecular weight is 365 g/mol. The Labute approximate surface area is 153 Å². The van der Waals surface area contributed by atoms with Crippen molar-refractivity contribution in [2.75, 3.05) is 39.5 Å². The largest absolute Gasteiger partial charge is 0.445 e. The van der Waals surface area contributed by atoms with Gasteiger partial charge in [-0.1, -0.05) is 30.3 Å². The number of hydrogen-bond acceptors (Lipinski definition) is 6. The molecule has 0 saturated carbocycles. The number of rotatable bonds is 7. The molecule has 0 bridgehead atoms. The summed E-state index contributed by atoms with van der Waals surface area (Å²) in [4.78, 5) is 13.9. The number of aliphatic hydroxyl groups excluding tert-OH is 1. The van der Waals surface area contributed by atoms with Crippen LogP contribution >= 0.6 is 0 Å². The number of piperidine rings is 1. The van der Waals surface area contributed by atoms with Gasteiger partial charge in [0.2, 0.25) is 0 Å². The molecule has 1 N–H and O–H groups in total. The number of amides is 1. The molecular weight excluding hydrogens is 338 g/mol. The predicted molar refractivity (Wildman–Crippen MR) is 93.7 cm³/mol. The smallest absolute Gasteiger partial charge is 0.410 e. The molecule has 1 aromatic rings.